The summed E-state index contributed by atoms with van der Waals surface area (Å²) in [6.07, 6.45) is 0. The lowest BCUT2D eigenvalue weighted by atomic mass is 10.2. The molecule has 0 aliphatic carbocycles. The number of H-pyrrole nitrogens is 1. The van der Waals surface area contributed by atoms with E-state index in [0.717, 1.165) is 0 Å². The number of carbonyl (C=O) groups is 1. The van der Waals surface area contributed by atoms with Crippen LogP contribution < -0.4 is 5.69 Å². The minimum Gasteiger partial charge on any atom is -0.478 e. The highest BCUT2D eigenvalue weighted by Crippen LogP contribution is 2.19. The van der Waals surface area contributed by atoms with Gasteiger partial charge in [-0.3, -0.25) is 4.57 Å². The van der Waals surface area contributed by atoms with Crippen LogP contribution in [0.15, 0.2) is 41.2 Å². The lowest BCUT2D eigenvalue weighted by Crippen LogP contribution is -2.14. The van der Waals surface area contributed by atoms with Gasteiger partial charge in [0.2, 0.25) is 0 Å². The molecule has 106 valence electrons. The van der Waals surface area contributed by atoms with Crippen LogP contribution in [0.25, 0.3) is 16.7 Å². The highest BCUT2D eigenvalue weighted by Gasteiger charge is 2.12. The van der Waals surface area contributed by atoms with Gasteiger partial charge in [0.15, 0.2) is 0 Å². The molecule has 0 spiro atoms. The fraction of sp³-hybridized carbons (Fsp3) is 0.0667. The molecule has 3 rings (SSSR count). The molecule has 0 bridgehead atoms. The van der Waals surface area contributed by atoms with Crippen molar-refractivity contribution < 1.29 is 14.3 Å². The smallest absolute Gasteiger partial charge is 0.335 e. The summed E-state index contributed by atoms with van der Waals surface area (Å²) in [6, 6.07) is 8.73. The number of nitrogens with one attached hydrogen (secondary N) is 1. The molecular weight excluding hydrogens is 275 g/mol. The van der Waals surface area contributed by atoms with Gasteiger partial charge in [-0.25, -0.2) is 14.0 Å². The van der Waals surface area contributed by atoms with Gasteiger partial charge in [-0.1, -0.05) is 6.07 Å². The van der Waals surface area contributed by atoms with E-state index >= 15 is 0 Å². The number of rotatable bonds is 2. The molecule has 2 aromatic carbocycles. The number of carboxylic acids is 1. The summed E-state index contributed by atoms with van der Waals surface area (Å²) in [6.45, 7) is 1.62. The maximum absolute atomic E-state index is 13.7. The summed E-state index contributed by atoms with van der Waals surface area (Å²) in [5.74, 6) is -1.52. The van der Waals surface area contributed by atoms with Crippen LogP contribution in [-0.2, 0) is 0 Å². The van der Waals surface area contributed by atoms with Crippen molar-refractivity contribution in [3.05, 3.63) is 63.8 Å². The monoisotopic (exact) mass is 286 g/mol. The first-order valence-electron chi connectivity index (χ1n) is 6.22. The van der Waals surface area contributed by atoms with E-state index < -0.39 is 17.5 Å². The van der Waals surface area contributed by atoms with Crippen LogP contribution in [0.3, 0.4) is 0 Å². The van der Waals surface area contributed by atoms with Gasteiger partial charge in [0.25, 0.3) is 0 Å². The molecule has 0 fully saturated rings. The van der Waals surface area contributed by atoms with Crippen LogP contribution in [0, 0.1) is 12.7 Å². The molecule has 6 heteroatoms. The van der Waals surface area contributed by atoms with Gasteiger partial charge >= 0.3 is 11.7 Å². The van der Waals surface area contributed by atoms with E-state index in [1.54, 1.807) is 19.1 Å². The van der Waals surface area contributed by atoms with E-state index in [4.69, 9.17) is 5.11 Å². The standard InChI is InChI=1S/C15H11FN2O3/c1-8-2-4-10(7-11(8)16)18-13-6-9(14(19)20)3-5-12(13)17-15(18)21/h2-7H,1H3,(H,17,21)(H,19,20). The number of aromatic nitrogens is 2. The molecule has 1 heterocycles. The summed E-state index contributed by atoms with van der Waals surface area (Å²) in [5.41, 5.74) is 1.31. The minimum absolute atomic E-state index is 0.0582. The van der Waals surface area contributed by atoms with Crippen LogP contribution in [-0.4, -0.2) is 20.6 Å². The Bertz CT molecular complexity index is 924. The average molecular weight is 286 g/mol. The summed E-state index contributed by atoms with van der Waals surface area (Å²) in [7, 11) is 0. The Morgan fingerprint density at radius 3 is 2.67 bits per heavy atom. The first-order valence-corrected chi connectivity index (χ1v) is 6.22. The number of nitrogens with zero attached hydrogens (tertiary/aromatic N) is 1. The van der Waals surface area contributed by atoms with Gasteiger partial charge in [-0.15, -0.1) is 0 Å². The van der Waals surface area contributed by atoms with Crippen molar-refractivity contribution in [2.75, 3.05) is 0 Å². The number of hydrogen-bond acceptors (Lipinski definition) is 2. The SMILES string of the molecule is Cc1ccc(-n2c(=O)[nH]c3ccc(C(=O)O)cc32)cc1F. The number of aromatic carboxylic acids is 1. The number of aryl methyl sites for hydroxylation is 1. The number of aromatic amines is 1. The average Bonchev–Trinajstić information content (AvgIpc) is 2.77. The number of carboxylic acid groups (broad SMARTS) is 1. The Kier molecular flexibility index (Phi) is 2.86. The van der Waals surface area contributed by atoms with Gasteiger partial charge < -0.3 is 10.1 Å². The first-order chi connectivity index (χ1) is 9.97. The number of halogens is 1. The number of benzene rings is 2. The second-order valence-electron chi connectivity index (χ2n) is 4.74. The lowest BCUT2D eigenvalue weighted by molar-refractivity contribution is 0.0697. The summed E-state index contributed by atoms with van der Waals surface area (Å²) >= 11 is 0. The van der Waals surface area contributed by atoms with E-state index in [1.807, 2.05) is 0 Å². The molecule has 1 aromatic heterocycles. The molecule has 0 amide bonds. The molecule has 0 aliphatic rings. The molecule has 0 unspecified atom stereocenters. The molecule has 0 radical (unpaired) electrons. The van der Waals surface area contributed by atoms with Gasteiger partial charge in [-0.05, 0) is 42.8 Å². The largest absolute Gasteiger partial charge is 0.478 e. The number of hydrogen-bond donors (Lipinski definition) is 2. The Morgan fingerprint density at radius 1 is 1.24 bits per heavy atom. The summed E-state index contributed by atoms with van der Waals surface area (Å²) < 4.78 is 14.9. The lowest BCUT2D eigenvalue weighted by Gasteiger charge is -2.05. The van der Waals surface area contributed by atoms with Crippen molar-refractivity contribution in [3.8, 4) is 5.69 Å². The Labute approximate surface area is 118 Å². The molecule has 0 saturated carbocycles. The van der Waals surface area contributed by atoms with Crippen molar-refractivity contribution in [2.45, 2.75) is 6.92 Å². The van der Waals surface area contributed by atoms with E-state index in [-0.39, 0.29) is 5.56 Å². The van der Waals surface area contributed by atoms with Crippen molar-refractivity contribution >= 4 is 17.0 Å². The summed E-state index contributed by atoms with van der Waals surface area (Å²) in [5, 5.41) is 9.04. The third-order valence-electron chi connectivity index (χ3n) is 3.34. The Balaban J connectivity index is 2.32. The molecule has 5 nitrogen and oxygen atoms in total. The maximum Gasteiger partial charge on any atom is 0.335 e. The predicted molar refractivity (Wildman–Crippen MR) is 75.5 cm³/mol. The van der Waals surface area contributed by atoms with Crippen molar-refractivity contribution in [1.82, 2.24) is 9.55 Å². The molecule has 3 aromatic rings. The van der Waals surface area contributed by atoms with E-state index in [9.17, 15) is 14.0 Å². The zero-order valence-corrected chi connectivity index (χ0v) is 11.1. The van der Waals surface area contributed by atoms with Gasteiger partial charge in [-0.2, -0.15) is 0 Å². The van der Waals surface area contributed by atoms with E-state index in [0.29, 0.717) is 22.3 Å². The van der Waals surface area contributed by atoms with Crippen molar-refractivity contribution in [1.29, 1.82) is 0 Å². The molecule has 2 N–H and O–H groups in total. The van der Waals surface area contributed by atoms with Crippen LogP contribution in [0.4, 0.5) is 4.39 Å². The minimum atomic E-state index is -1.09. The fourth-order valence-corrected chi connectivity index (χ4v) is 2.21. The summed E-state index contributed by atoms with van der Waals surface area (Å²) in [4.78, 5) is 25.7. The highest BCUT2D eigenvalue weighted by molar-refractivity contribution is 5.92. The zero-order chi connectivity index (χ0) is 15.1. The van der Waals surface area contributed by atoms with Gasteiger partial charge in [0.1, 0.15) is 5.82 Å². The van der Waals surface area contributed by atoms with Crippen molar-refractivity contribution in [3.63, 3.8) is 0 Å². The molecule has 0 atom stereocenters. The Morgan fingerprint density at radius 2 is 2.00 bits per heavy atom. The fourth-order valence-electron chi connectivity index (χ4n) is 2.21. The maximum atomic E-state index is 13.7. The molecular formula is C15H11FN2O3. The number of imidazole rings is 1. The zero-order valence-electron chi connectivity index (χ0n) is 11.1. The Hall–Kier alpha value is -2.89. The van der Waals surface area contributed by atoms with Crippen molar-refractivity contribution in [2.24, 2.45) is 0 Å². The third-order valence-corrected chi connectivity index (χ3v) is 3.34. The topological polar surface area (TPSA) is 75.1 Å². The number of fused-ring (bicyclic) bond motifs is 1. The first kappa shape index (κ1) is 13.1. The van der Waals surface area contributed by atoms with Gasteiger partial charge in [0.05, 0.1) is 22.3 Å². The molecule has 0 saturated heterocycles. The van der Waals surface area contributed by atoms with E-state index in [2.05, 4.69) is 4.98 Å². The molecule has 0 aliphatic heterocycles. The van der Waals surface area contributed by atoms with Crippen LogP contribution in [0.1, 0.15) is 15.9 Å². The van der Waals surface area contributed by atoms with Gasteiger partial charge in [0, 0.05) is 0 Å². The van der Waals surface area contributed by atoms with Crippen LogP contribution >= 0.6 is 0 Å². The van der Waals surface area contributed by atoms with E-state index in [1.165, 1.54) is 28.8 Å². The quantitative estimate of drug-likeness (QED) is 0.760. The van der Waals surface area contributed by atoms with Crippen LogP contribution in [0.2, 0.25) is 0 Å². The molecule has 21 heavy (non-hydrogen) atoms. The highest BCUT2D eigenvalue weighted by atomic mass is 19.1. The second kappa shape index (κ2) is 4.59. The predicted octanol–water partition coefficient (Wildman–Crippen LogP) is 2.46. The normalized spacial score (nSPS) is 11.0. The second-order valence-corrected chi connectivity index (χ2v) is 4.74. The third kappa shape index (κ3) is 2.10. The van der Waals surface area contributed by atoms with Crippen LogP contribution in [0.5, 0.6) is 0 Å².